The fourth-order valence-corrected chi connectivity index (χ4v) is 3.71. The zero-order valence-electron chi connectivity index (χ0n) is 18.0. The Labute approximate surface area is 179 Å². The van der Waals surface area contributed by atoms with Gasteiger partial charge in [-0.15, -0.1) is 0 Å². The van der Waals surface area contributed by atoms with Crippen LogP contribution in [-0.2, 0) is 9.47 Å². The molecule has 2 saturated heterocycles. The molecule has 0 N–H and O–H groups in total. The Morgan fingerprint density at radius 1 is 0.800 bits per heavy atom. The van der Waals surface area contributed by atoms with Gasteiger partial charge in [0.25, 0.3) is 0 Å². The van der Waals surface area contributed by atoms with Crippen molar-refractivity contribution in [1.82, 2.24) is 0 Å². The van der Waals surface area contributed by atoms with Crippen molar-refractivity contribution in [1.29, 1.82) is 0 Å². The third-order valence-electron chi connectivity index (χ3n) is 5.66. The number of benzene rings is 2. The quantitative estimate of drug-likeness (QED) is 0.532. The number of allylic oxidation sites excluding steroid dienone is 2. The predicted octanol–water partition coefficient (Wildman–Crippen LogP) is 5.62. The third-order valence-corrected chi connectivity index (χ3v) is 5.66. The largest absolute Gasteiger partial charge is 0.491 e. The van der Waals surface area contributed by atoms with Crippen LogP contribution in [0.25, 0.3) is 5.57 Å². The molecule has 3 aliphatic rings. The Balaban J connectivity index is 0.00000106. The van der Waals surface area contributed by atoms with Crippen LogP contribution in [0.5, 0.6) is 11.5 Å². The lowest BCUT2D eigenvalue weighted by Gasteiger charge is -2.23. The zero-order chi connectivity index (χ0) is 20.8. The molecule has 2 heterocycles. The minimum atomic E-state index is 0.297. The molecule has 0 spiro atoms. The molecule has 0 amide bonds. The molecule has 0 aromatic heterocycles. The SMILES string of the molecule is C1=C(c2ccc(OCC3CO3)cc2)CCC(c2ccc(OCC3CO3)cc2)C1.CC. The van der Waals surface area contributed by atoms with Crippen molar-refractivity contribution in [2.45, 2.75) is 51.2 Å². The second-order valence-electron chi connectivity index (χ2n) is 7.83. The molecule has 2 aromatic carbocycles. The predicted molar refractivity (Wildman–Crippen MR) is 119 cm³/mol. The maximum atomic E-state index is 5.74. The summed E-state index contributed by atoms with van der Waals surface area (Å²) in [5.41, 5.74) is 4.15. The molecule has 1 aliphatic carbocycles. The topological polar surface area (TPSA) is 43.5 Å². The highest BCUT2D eigenvalue weighted by molar-refractivity contribution is 5.67. The summed E-state index contributed by atoms with van der Waals surface area (Å²) in [5.74, 6) is 2.44. The van der Waals surface area contributed by atoms with Crippen molar-refractivity contribution < 1.29 is 18.9 Å². The first kappa shape index (κ1) is 21.0. The van der Waals surface area contributed by atoms with E-state index in [4.69, 9.17) is 18.9 Å². The van der Waals surface area contributed by atoms with E-state index in [0.29, 0.717) is 31.3 Å². The van der Waals surface area contributed by atoms with Crippen LogP contribution >= 0.6 is 0 Å². The van der Waals surface area contributed by atoms with Gasteiger partial charge in [0, 0.05) is 0 Å². The summed E-state index contributed by atoms with van der Waals surface area (Å²) in [7, 11) is 0. The highest BCUT2D eigenvalue weighted by atomic mass is 16.6. The average molecular weight is 409 g/mol. The molecule has 2 aromatic rings. The fourth-order valence-electron chi connectivity index (χ4n) is 3.71. The van der Waals surface area contributed by atoms with E-state index in [1.54, 1.807) is 0 Å². The van der Waals surface area contributed by atoms with E-state index in [9.17, 15) is 0 Å². The number of epoxide rings is 2. The van der Waals surface area contributed by atoms with Crippen molar-refractivity contribution >= 4 is 5.57 Å². The lowest BCUT2D eigenvalue weighted by atomic mass is 9.83. The van der Waals surface area contributed by atoms with Crippen molar-refractivity contribution in [3.8, 4) is 11.5 Å². The Hall–Kier alpha value is -2.30. The minimum absolute atomic E-state index is 0.297. The summed E-state index contributed by atoms with van der Waals surface area (Å²) >= 11 is 0. The average Bonchev–Trinajstić information content (AvgIpc) is 3.74. The van der Waals surface area contributed by atoms with Gasteiger partial charge < -0.3 is 18.9 Å². The Morgan fingerprint density at radius 2 is 1.33 bits per heavy atom. The maximum absolute atomic E-state index is 5.74. The molecule has 4 heteroatoms. The molecular formula is C26H32O4. The molecule has 4 nitrogen and oxygen atoms in total. The first-order valence-electron chi connectivity index (χ1n) is 11.2. The summed E-state index contributed by atoms with van der Waals surface area (Å²) in [4.78, 5) is 0. The van der Waals surface area contributed by atoms with Crippen LogP contribution in [-0.4, -0.2) is 38.6 Å². The van der Waals surface area contributed by atoms with Crippen molar-refractivity contribution in [2.24, 2.45) is 0 Å². The third kappa shape index (κ3) is 5.87. The van der Waals surface area contributed by atoms with E-state index in [1.807, 2.05) is 13.8 Å². The normalized spacial score (nSPS) is 24.2. The summed E-state index contributed by atoms with van der Waals surface area (Å²) < 4.78 is 21.8. The monoisotopic (exact) mass is 408 g/mol. The van der Waals surface area contributed by atoms with E-state index < -0.39 is 0 Å². The van der Waals surface area contributed by atoms with Gasteiger partial charge in [-0.1, -0.05) is 44.2 Å². The summed E-state index contributed by atoms with van der Waals surface area (Å²) in [6, 6.07) is 17.1. The standard InChI is InChI=1S/C24H26O4.C2H6/c1-2-18(20-7-11-22(12-8-20)26-14-24-16-28-24)4-3-17(1)19-5-9-21(10-6-19)25-13-23-15-27-23;1-2/h1,5-12,18,23-24H,2-4,13-16H2;1-2H3. The van der Waals surface area contributed by atoms with Crippen LogP contribution in [0.2, 0.25) is 0 Å². The molecule has 0 radical (unpaired) electrons. The number of hydrogen-bond acceptors (Lipinski definition) is 4. The van der Waals surface area contributed by atoms with E-state index in [2.05, 4.69) is 54.6 Å². The van der Waals surface area contributed by atoms with E-state index in [-0.39, 0.29) is 0 Å². The molecule has 3 atom stereocenters. The molecule has 2 fully saturated rings. The van der Waals surface area contributed by atoms with E-state index in [1.165, 1.54) is 23.1 Å². The van der Waals surface area contributed by atoms with Gasteiger partial charge in [-0.3, -0.25) is 0 Å². The van der Waals surface area contributed by atoms with Gasteiger partial charge in [-0.25, -0.2) is 0 Å². The lowest BCUT2D eigenvalue weighted by molar-refractivity contribution is 0.263. The van der Waals surface area contributed by atoms with Gasteiger partial charge in [0.2, 0.25) is 0 Å². The fraction of sp³-hybridized carbons (Fsp3) is 0.462. The van der Waals surface area contributed by atoms with Gasteiger partial charge in [-0.05, 0) is 66.1 Å². The number of rotatable bonds is 8. The number of hydrogen-bond donors (Lipinski definition) is 0. The molecule has 3 unspecified atom stereocenters. The highest BCUT2D eigenvalue weighted by Crippen LogP contribution is 2.36. The molecule has 2 aliphatic heterocycles. The summed E-state index contributed by atoms with van der Waals surface area (Å²) in [5, 5.41) is 0. The van der Waals surface area contributed by atoms with E-state index in [0.717, 1.165) is 37.6 Å². The summed E-state index contributed by atoms with van der Waals surface area (Å²) in [6.45, 7) is 6.98. The van der Waals surface area contributed by atoms with Crippen molar-refractivity contribution in [3.05, 3.63) is 65.7 Å². The van der Waals surface area contributed by atoms with Gasteiger partial charge in [0.15, 0.2) is 0 Å². The van der Waals surface area contributed by atoms with Crippen LogP contribution in [0, 0.1) is 0 Å². The number of ether oxygens (including phenoxy) is 4. The van der Waals surface area contributed by atoms with E-state index >= 15 is 0 Å². The first-order valence-corrected chi connectivity index (χ1v) is 11.2. The van der Waals surface area contributed by atoms with Crippen LogP contribution in [0.3, 0.4) is 0 Å². The van der Waals surface area contributed by atoms with Crippen LogP contribution in [0.4, 0.5) is 0 Å². The Bertz CT molecular complexity index is 817. The molecule has 5 rings (SSSR count). The van der Waals surface area contributed by atoms with Crippen molar-refractivity contribution in [2.75, 3.05) is 26.4 Å². The van der Waals surface area contributed by atoms with Crippen LogP contribution in [0.15, 0.2) is 54.6 Å². The van der Waals surface area contributed by atoms with Crippen LogP contribution in [0.1, 0.15) is 50.2 Å². The molecule has 160 valence electrons. The lowest BCUT2D eigenvalue weighted by Crippen LogP contribution is -2.06. The van der Waals surface area contributed by atoms with Gasteiger partial charge in [-0.2, -0.15) is 0 Å². The summed E-state index contributed by atoms with van der Waals surface area (Å²) in [6.07, 6.45) is 6.37. The Morgan fingerprint density at radius 3 is 1.80 bits per heavy atom. The maximum Gasteiger partial charge on any atom is 0.119 e. The second kappa shape index (κ2) is 10.1. The molecule has 30 heavy (non-hydrogen) atoms. The van der Waals surface area contributed by atoms with Gasteiger partial charge in [0.1, 0.15) is 36.9 Å². The van der Waals surface area contributed by atoms with Crippen LogP contribution < -0.4 is 9.47 Å². The van der Waals surface area contributed by atoms with Gasteiger partial charge in [0.05, 0.1) is 13.2 Å². The molecule has 0 saturated carbocycles. The first-order chi connectivity index (χ1) is 14.8. The smallest absolute Gasteiger partial charge is 0.119 e. The minimum Gasteiger partial charge on any atom is -0.491 e. The zero-order valence-corrected chi connectivity index (χ0v) is 18.0. The highest BCUT2D eigenvalue weighted by Gasteiger charge is 2.24. The van der Waals surface area contributed by atoms with Crippen molar-refractivity contribution in [3.63, 3.8) is 0 Å². The molecule has 0 bridgehead atoms. The second-order valence-corrected chi connectivity index (χ2v) is 7.83. The molecular weight excluding hydrogens is 376 g/mol. The van der Waals surface area contributed by atoms with Gasteiger partial charge >= 0.3 is 0 Å². The Kier molecular flexibility index (Phi) is 7.08.